The number of aryl methyl sites for hydroxylation is 1. The molecule has 0 spiro atoms. The van der Waals surface area contributed by atoms with Crippen LogP contribution in [0.15, 0.2) is 18.2 Å². The minimum Gasteiger partial charge on any atom is -0.339 e. The summed E-state index contributed by atoms with van der Waals surface area (Å²) in [5.41, 5.74) is 0.859. The number of piperazine rings is 1. The maximum absolute atomic E-state index is 13.8. The number of carbonyl (C=O) groups excluding carboxylic acids is 3. The first-order valence-electron chi connectivity index (χ1n) is 11.3. The van der Waals surface area contributed by atoms with Crippen LogP contribution in [0.25, 0.3) is 0 Å². The summed E-state index contributed by atoms with van der Waals surface area (Å²) in [4.78, 5) is 45.5. The number of rotatable bonds is 2. The van der Waals surface area contributed by atoms with Crippen LogP contribution in [0, 0.1) is 18.7 Å². The number of likely N-dealkylation sites (tertiary alicyclic amines) is 2. The summed E-state index contributed by atoms with van der Waals surface area (Å²) < 4.78 is 13.8. The van der Waals surface area contributed by atoms with Crippen LogP contribution < -0.4 is 0 Å². The standard InChI is InChI=1S/C23H31FN4O3/c1-17-4-5-19(16-20(17)24)22(30)26-14-12-25(13-15-26)21(29)18-6-10-28(11-7-18)23(31)27-8-2-3-9-27/h4-5,16,18H,2-3,6-15H2,1H3. The molecule has 4 amide bonds. The fraction of sp³-hybridized carbons (Fsp3) is 0.609. The SMILES string of the molecule is Cc1ccc(C(=O)N2CCN(C(=O)C3CCN(C(=O)N4CCCC4)CC3)CC2)cc1F. The Kier molecular flexibility index (Phi) is 6.43. The summed E-state index contributed by atoms with van der Waals surface area (Å²) in [7, 11) is 0. The highest BCUT2D eigenvalue weighted by Crippen LogP contribution is 2.23. The molecule has 0 atom stereocenters. The third-order valence-corrected chi connectivity index (χ3v) is 6.79. The normalized spacial score (nSPS) is 20.3. The van der Waals surface area contributed by atoms with Gasteiger partial charge in [0.15, 0.2) is 0 Å². The molecule has 0 radical (unpaired) electrons. The van der Waals surface area contributed by atoms with E-state index in [-0.39, 0.29) is 29.6 Å². The Hall–Kier alpha value is -2.64. The van der Waals surface area contributed by atoms with Crippen molar-refractivity contribution in [3.8, 4) is 0 Å². The van der Waals surface area contributed by atoms with Gasteiger partial charge in [-0.3, -0.25) is 9.59 Å². The second kappa shape index (κ2) is 9.24. The van der Waals surface area contributed by atoms with Crippen LogP contribution in [0.3, 0.4) is 0 Å². The third kappa shape index (κ3) is 4.67. The summed E-state index contributed by atoms with van der Waals surface area (Å²) in [6.45, 7) is 6.50. The molecule has 1 aromatic rings. The second-order valence-electron chi connectivity index (χ2n) is 8.82. The van der Waals surface area contributed by atoms with Crippen LogP contribution in [-0.4, -0.2) is 89.8 Å². The molecular formula is C23H31FN4O3. The molecule has 4 rings (SSSR count). The van der Waals surface area contributed by atoms with Crippen LogP contribution in [0.1, 0.15) is 41.6 Å². The van der Waals surface area contributed by atoms with E-state index in [1.54, 1.807) is 24.0 Å². The van der Waals surface area contributed by atoms with E-state index in [1.807, 2.05) is 14.7 Å². The Morgan fingerprint density at radius 2 is 1.39 bits per heavy atom. The van der Waals surface area contributed by atoms with Crippen molar-refractivity contribution in [1.29, 1.82) is 0 Å². The van der Waals surface area contributed by atoms with Crippen molar-refractivity contribution in [2.24, 2.45) is 5.92 Å². The van der Waals surface area contributed by atoms with Crippen LogP contribution in [0.4, 0.5) is 9.18 Å². The number of amides is 4. The van der Waals surface area contributed by atoms with E-state index < -0.39 is 0 Å². The van der Waals surface area contributed by atoms with Crippen molar-refractivity contribution in [2.45, 2.75) is 32.6 Å². The lowest BCUT2D eigenvalue weighted by Gasteiger charge is -2.39. The van der Waals surface area contributed by atoms with Crippen molar-refractivity contribution in [1.82, 2.24) is 19.6 Å². The van der Waals surface area contributed by atoms with Gasteiger partial charge in [-0.15, -0.1) is 0 Å². The number of nitrogens with zero attached hydrogens (tertiary/aromatic N) is 4. The van der Waals surface area contributed by atoms with Crippen molar-refractivity contribution in [3.63, 3.8) is 0 Å². The minimum atomic E-state index is -0.380. The number of carbonyl (C=O) groups is 3. The van der Waals surface area contributed by atoms with E-state index in [1.165, 1.54) is 6.07 Å². The van der Waals surface area contributed by atoms with Crippen LogP contribution in [0.5, 0.6) is 0 Å². The molecule has 0 bridgehead atoms. The van der Waals surface area contributed by atoms with Gasteiger partial charge in [0.05, 0.1) is 0 Å². The van der Waals surface area contributed by atoms with Crippen LogP contribution >= 0.6 is 0 Å². The number of hydrogen-bond donors (Lipinski definition) is 0. The Balaban J connectivity index is 1.25. The predicted octanol–water partition coefficient (Wildman–Crippen LogP) is 2.35. The van der Waals surface area contributed by atoms with Gasteiger partial charge in [0, 0.05) is 63.8 Å². The number of benzene rings is 1. The Morgan fingerprint density at radius 1 is 0.806 bits per heavy atom. The highest BCUT2D eigenvalue weighted by atomic mass is 19.1. The smallest absolute Gasteiger partial charge is 0.319 e. The van der Waals surface area contributed by atoms with Gasteiger partial charge in [0.1, 0.15) is 5.82 Å². The molecule has 1 aromatic carbocycles. The number of halogens is 1. The van der Waals surface area contributed by atoms with Crippen molar-refractivity contribution < 1.29 is 18.8 Å². The summed E-state index contributed by atoms with van der Waals surface area (Å²) in [5, 5.41) is 0. The fourth-order valence-corrected chi connectivity index (χ4v) is 4.72. The molecule has 0 saturated carbocycles. The molecule has 8 heteroatoms. The predicted molar refractivity (Wildman–Crippen MR) is 114 cm³/mol. The average molecular weight is 431 g/mol. The van der Waals surface area contributed by atoms with Gasteiger partial charge in [0.25, 0.3) is 5.91 Å². The number of hydrogen-bond acceptors (Lipinski definition) is 3. The minimum absolute atomic E-state index is 0.0592. The zero-order valence-corrected chi connectivity index (χ0v) is 18.2. The molecule has 31 heavy (non-hydrogen) atoms. The van der Waals surface area contributed by atoms with Crippen LogP contribution in [0.2, 0.25) is 0 Å². The third-order valence-electron chi connectivity index (χ3n) is 6.79. The molecule has 3 saturated heterocycles. The molecule has 3 aliphatic heterocycles. The van der Waals surface area contributed by atoms with Gasteiger partial charge >= 0.3 is 6.03 Å². The molecule has 3 aliphatic rings. The van der Waals surface area contributed by atoms with Gasteiger partial charge in [-0.1, -0.05) is 6.07 Å². The zero-order valence-electron chi connectivity index (χ0n) is 18.2. The molecule has 0 aliphatic carbocycles. The van der Waals surface area contributed by atoms with E-state index in [9.17, 15) is 18.8 Å². The topological polar surface area (TPSA) is 64.2 Å². The summed E-state index contributed by atoms with van der Waals surface area (Å²) >= 11 is 0. The maximum atomic E-state index is 13.8. The second-order valence-corrected chi connectivity index (χ2v) is 8.82. The van der Waals surface area contributed by atoms with E-state index in [2.05, 4.69) is 0 Å². The summed E-state index contributed by atoms with van der Waals surface area (Å²) in [5.74, 6) is -0.508. The lowest BCUT2D eigenvalue weighted by molar-refractivity contribution is -0.138. The Bertz CT molecular complexity index is 839. The Morgan fingerprint density at radius 3 is 2.00 bits per heavy atom. The first kappa shape index (κ1) is 21.6. The van der Waals surface area contributed by atoms with Gasteiger partial charge in [0.2, 0.25) is 5.91 Å². The van der Waals surface area contributed by atoms with Crippen molar-refractivity contribution >= 4 is 17.8 Å². The van der Waals surface area contributed by atoms with Crippen molar-refractivity contribution in [2.75, 3.05) is 52.4 Å². The molecule has 0 N–H and O–H groups in total. The quantitative estimate of drug-likeness (QED) is 0.724. The molecular weight excluding hydrogens is 399 g/mol. The number of piperidine rings is 1. The van der Waals surface area contributed by atoms with Crippen molar-refractivity contribution in [3.05, 3.63) is 35.1 Å². The summed E-state index contributed by atoms with van der Waals surface area (Å²) in [6, 6.07) is 4.66. The van der Waals surface area contributed by atoms with E-state index in [4.69, 9.17) is 0 Å². The molecule has 7 nitrogen and oxygen atoms in total. The summed E-state index contributed by atoms with van der Waals surface area (Å²) in [6.07, 6.45) is 3.54. The highest BCUT2D eigenvalue weighted by Gasteiger charge is 2.34. The van der Waals surface area contributed by atoms with E-state index in [0.717, 1.165) is 25.9 Å². The van der Waals surface area contributed by atoms with E-state index in [0.29, 0.717) is 63.2 Å². The number of urea groups is 1. The average Bonchev–Trinajstić information content (AvgIpc) is 3.35. The van der Waals surface area contributed by atoms with E-state index >= 15 is 0 Å². The fourth-order valence-electron chi connectivity index (χ4n) is 4.72. The lowest BCUT2D eigenvalue weighted by Crippen LogP contribution is -2.53. The molecule has 3 heterocycles. The molecule has 0 unspecified atom stereocenters. The molecule has 0 aromatic heterocycles. The van der Waals surface area contributed by atoms with Gasteiger partial charge in [-0.2, -0.15) is 0 Å². The maximum Gasteiger partial charge on any atom is 0.319 e. The monoisotopic (exact) mass is 430 g/mol. The lowest BCUT2D eigenvalue weighted by atomic mass is 9.95. The Labute approximate surface area is 182 Å². The highest BCUT2D eigenvalue weighted by molar-refractivity contribution is 5.94. The first-order valence-corrected chi connectivity index (χ1v) is 11.3. The van der Waals surface area contributed by atoms with Gasteiger partial charge in [-0.25, -0.2) is 9.18 Å². The first-order chi connectivity index (χ1) is 14.9. The largest absolute Gasteiger partial charge is 0.339 e. The molecule has 3 fully saturated rings. The van der Waals surface area contributed by atoms with Gasteiger partial charge in [-0.05, 0) is 50.3 Å². The molecule has 168 valence electrons. The van der Waals surface area contributed by atoms with Crippen LogP contribution in [-0.2, 0) is 4.79 Å². The zero-order chi connectivity index (χ0) is 22.0. The van der Waals surface area contributed by atoms with Gasteiger partial charge < -0.3 is 19.6 Å².